The summed E-state index contributed by atoms with van der Waals surface area (Å²) in [6, 6.07) is 0. The zero-order valence-electron chi connectivity index (χ0n) is 7.88. The van der Waals surface area contributed by atoms with Crippen molar-refractivity contribution >= 4 is 5.97 Å². The van der Waals surface area contributed by atoms with Crippen LogP contribution < -0.4 is 0 Å². The van der Waals surface area contributed by atoms with Gasteiger partial charge in [0.05, 0.1) is 6.54 Å². The Morgan fingerprint density at radius 3 is 2.50 bits per heavy atom. The number of ether oxygens (including phenoxy) is 1. The van der Waals surface area contributed by atoms with Gasteiger partial charge in [0.25, 0.3) is 0 Å². The van der Waals surface area contributed by atoms with Crippen LogP contribution in [0.2, 0.25) is 0 Å². The van der Waals surface area contributed by atoms with Crippen LogP contribution in [0.4, 0.5) is 0 Å². The van der Waals surface area contributed by atoms with Gasteiger partial charge in [0.2, 0.25) is 0 Å². The Labute approximate surface area is 73.7 Å². The minimum absolute atomic E-state index is 0.0908. The number of rotatable bonds is 3. The van der Waals surface area contributed by atoms with Crippen molar-refractivity contribution in [3.63, 3.8) is 0 Å². The topological polar surface area (TPSA) is 29.5 Å². The molecule has 0 aromatic heterocycles. The minimum Gasteiger partial charge on any atom is -0.461 e. The van der Waals surface area contributed by atoms with Crippen LogP contribution in [0.3, 0.4) is 0 Å². The summed E-state index contributed by atoms with van der Waals surface area (Å²) in [5, 5.41) is 0. The number of carbonyl (C=O) groups excluding carboxylic acids is 1. The van der Waals surface area contributed by atoms with Gasteiger partial charge in [0.15, 0.2) is 0 Å². The number of esters is 1. The van der Waals surface area contributed by atoms with Gasteiger partial charge in [-0.15, -0.1) is 0 Å². The van der Waals surface area contributed by atoms with Crippen LogP contribution >= 0.6 is 0 Å². The van der Waals surface area contributed by atoms with Crippen molar-refractivity contribution in [2.24, 2.45) is 0 Å². The molecule has 0 heterocycles. The van der Waals surface area contributed by atoms with Crippen molar-refractivity contribution in [1.29, 1.82) is 0 Å². The van der Waals surface area contributed by atoms with E-state index in [2.05, 4.69) is 0 Å². The molecule has 0 saturated heterocycles. The van der Waals surface area contributed by atoms with E-state index in [-0.39, 0.29) is 12.1 Å². The summed E-state index contributed by atoms with van der Waals surface area (Å²) >= 11 is 0. The zero-order valence-corrected chi connectivity index (χ0v) is 7.88. The molecule has 0 atom stereocenters. The molecule has 70 valence electrons. The predicted molar refractivity (Wildman–Crippen MR) is 46.9 cm³/mol. The van der Waals surface area contributed by atoms with Gasteiger partial charge < -0.3 is 4.74 Å². The van der Waals surface area contributed by atoms with E-state index >= 15 is 0 Å². The average Bonchev–Trinajstić information content (AvgIpc) is 2.37. The molecule has 12 heavy (non-hydrogen) atoms. The summed E-state index contributed by atoms with van der Waals surface area (Å²) in [7, 11) is 3.74. The highest BCUT2D eigenvalue weighted by Gasteiger charge is 2.18. The quantitative estimate of drug-likeness (QED) is 0.594. The predicted octanol–water partition coefficient (Wildman–Crippen LogP) is 1.03. The van der Waals surface area contributed by atoms with Crippen LogP contribution in [0, 0.1) is 0 Å². The van der Waals surface area contributed by atoms with Crippen molar-refractivity contribution < 1.29 is 9.53 Å². The highest BCUT2D eigenvalue weighted by atomic mass is 16.5. The second kappa shape index (κ2) is 4.45. The monoisotopic (exact) mass is 171 g/mol. The summed E-state index contributed by atoms with van der Waals surface area (Å²) < 4.78 is 5.24. The second-order valence-corrected chi connectivity index (χ2v) is 3.63. The van der Waals surface area contributed by atoms with Gasteiger partial charge in [-0.05, 0) is 39.8 Å². The number of likely N-dealkylation sites (N-methyl/N-ethyl adjacent to an activating group) is 1. The summed E-state index contributed by atoms with van der Waals surface area (Å²) in [5.41, 5.74) is 0. The lowest BCUT2D eigenvalue weighted by molar-refractivity contribution is -0.149. The second-order valence-electron chi connectivity index (χ2n) is 3.63. The standard InChI is InChI=1S/C9H17NO2/c1-10(2)7-9(11)12-8-5-3-4-6-8/h8H,3-7H2,1-2H3. The SMILES string of the molecule is CN(C)CC(=O)OC1CCCC1. The normalized spacial score (nSPS) is 18.6. The maximum Gasteiger partial charge on any atom is 0.320 e. The van der Waals surface area contributed by atoms with Crippen LogP contribution in [0.15, 0.2) is 0 Å². The van der Waals surface area contributed by atoms with Crippen molar-refractivity contribution in [3.8, 4) is 0 Å². The fourth-order valence-corrected chi connectivity index (χ4v) is 1.49. The lowest BCUT2D eigenvalue weighted by atomic mass is 10.3. The molecule has 0 amide bonds. The highest BCUT2D eigenvalue weighted by Crippen LogP contribution is 2.20. The van der Waals surface area contributed by atoms with Crippen LogP contribution in [-0.4, -0.2) is 37.6 Å². The molecule has 0 aromatic rings. The van der Waals surface area contributed by atoms with E-state index in [1.54, 1.807) is 0 Å². The van der Waals surface area contributed by atoms with Crippen LogP contribution in [0.1, 0.15) is 25.7 Å². The molecule has 0 spiro atoms. The first-order valence-corrected chi connectivity index (χ1v) is 4.52. The first kappa shape index (κ1) is 9.52. The molecule has 0 N–H and O–H groups in total. The Hall–Kier alpha value is -0.570. The van der Waals surface area contributed by atoms with Gasteiger partial charge in [-0.25, -0.2) is 0 Å². The lowest BCUT2D eigenvalue weighted by Crippen LogP contribution is -2.26. The summed E-state index contributed by atoms with van der Waals surface area (Å²) in [6.45, 7) is 0.399. The van der Waals surface area contributed by atoms with Gasteiger partial charge in [0.1, 0.15) is 6.10 Å². The van der Waals surface area contributed by atoms with Gasteiger partial charge in [-0.3, -0.25) is 9.69 Å². The molecule has 1 rings (SSSR count). The molecule has 1 fully saturated rings. The Morgan fingerprint density at radius 1 is 1.42 bits per heavy atom. The van der Waals surface area contributed by atoms with E-state index in [0.29, 0.717) is 6.54 Å². The van der Waals surface area contributed by atoms with Crippen LogP contribution in [0.25, 0.3) is 0 Å². The van der Waals surface area contributed by atoms with Crippen molar-refractivity contribution in [2.45, 2.75) is 31.8 Å². The van der Waals surface area contributed by atoms with E-state index < -0.39 is 0 Å². The number of hydrogen-bond donors (Lipinski definition) is 0. The van der Waals surface area contributed by atoms with Gasteiger partial charge in [0, 0.05) is 0 Å². The zero-order chi connectivity index (χ0) is 8.97. The molecule has 3 nitrogen and oxygen atoms in total. The highest BCUT2D eigenvalue weighted by molar-refractivity contribution is 5.71. The number of hydrogen-bond acceptors (Lipinski definition) is 3. The maximum absolute atomic E-state index is 11.1. The molecule has 0 radical (unpaired) electrons. The smallest absolute Gasteiger partial charge is 0.320 e. The Kier molecular flexibility index (Phi) is 3.53. The molecule has 1 saturated carbocycles. The Bertz CT molecular complexity index is 151. The number of nitrogens with zero attached hydrogens (tertiary/aromatic N) is 1. The molecule has 3 heteroatoms. The maximum atomic E-state index is 11.1. The van der Waals surface area contributed by atoms with Crippen molar-refractivity contribution in [2.75, 3.05) is 20.6 Å². The molecular formula is C9H17NO2. The van der Waals surface area contributed by atoms with E-state index in [9.17, 15) is 4.79 Å². The average molecular weight is 171 g/mol. The Morgan fingerprint density at radius 2 is 2.00 bits per heavy atom. The third kappa shape index (κ3) is 3.22. The lowest BCUT2D eigenvalue weighted by Gasteiger charge is -2.13. The molecule has 1 aliphatic carbocycles. The molecule has 0 aromatic carbocycles. The summed E-state index contributed by atoms with van der Waals surface area (Å²) in [6.07, 6.45) is 4.73. The summed E-state index contributed by atoms with van der Waals surface area (Å²) in [5.74, 6) is -0.0908. The molecule has 0 bridgehead atoms. The molecule has 0 unspecified atom stereocenters. The van der Waals surface area contributed by atoms with Crippen molar-refractivity contribution in [3.05, 3.63) is 0 Å². The third-order valence-electron chi connectivity index (χ3n) is 2.05. The minimum atomic E-state index is -0.0908. The van der Waals surface area contributed by atoms with Gasteiger partial charge >= 0.3 is 5.97 Å². The van der Waals surface area contributed by atoms with E-state index in [1.165, 1.54) is 12.8 Å². The molecule has 0 aliphatic heterocycles. The van der Waals surface area contributed by atoms with Gasteiger partial charge in [-0.2, -0.15) is 0 Å². The van der Waals surface area contributed by atoms with E-state index in [0.717, 1.165) is 12.8 Å². The van der Waals surface area contributed by atoms with Crippen LogP contribution in [-0.2, 0) is 9.53 Å². The van der Waals surface area contributed by atoms with E-state index in [1.807, 2.05) is 19.0 Å². The first-order chi connectivity index (χ1) is 5.68. The Balaban J connectivity index is 2.16. The van der Waals surface area contributed by atoms with Crippen LogP contribution in [0.5, 0.6) is 0 Å². The van der Waals surface area contributed by atoms with Crippen molar-refractivity contribution in [1.82, 2.24) is 4.90 Å². The summed E-state index contributed by atoms with van der Waals surface area (Å²) in [4.78, 5) is 13.0. The third-order valence-corrected chi connectivity index (χ3v) is 2.05. The van der Waals surface area contributed by atoms with Gasteiger partial charge in [-0.1, -0.05) is 0 Å². The fourth-order valence-electron chi connectivity index (χ4n) is 1.49. The van der Waals surface area contributed by atoms with E-state index in [4.69, 9.17) is 4.74 Å². The molecule has 1 aliphatic rings. The fraction of sp³-hybridized carbons (Fsp3) is 0.889. The first-order valence-electron chi connectivity index (χ1n) is 4.52. The molecular weight excluding hydrogens is 154 g/mol. The number of carbonyl (C=O) groups is 1. The largest absolute Gasteiger partial charge is 0.461 e.